The van der Waals surface area contributed by atoms with Crippen LogP contribution in [0.25, 0.3) is 16.9 Å². The van der Waals surface area contributed by atoms with Crippen LogP contribution in [0.5, 0.6) is 0 Å². The van der Waals surface area contributed by atoms with E-state index in [1.807, 2.05) is 13.0 Å². The summed E-state index contributed by atoms with van der Waals surface area (Å²) in [5, 5.41) is 17.0. The fourth-order valence-corrected chi connectivity index (χ4v) is 6.30. The predicted molar refractivity (Wildman–Crippen MR) is 144 cm³/mol. The highest BCUT2D eigenvalue weighted by Gasteiger charge is 2.40. The third-order valence-electron chi connectivity index (χ3n) is 7.90. The van der Waals surface area contributed by atoms with E-state index in [2.05, 4.69) is 20.1 Å². The van der Waals surface area contributed by atoms with Crippen molar-refractivity contribution in [3.63, 3.8) is 0 Å². The molecule has 5 N–H and O–H groups in total. The number of anilines is 2. The first kappa shape index (κ1) is 25.6. The molecule has 0 saturated heterocycles. The summed E-state index contributed by atoms with van der Waals surface area (Å²) in [5.41, 5.74) is 8.80. The zero-order chi connectivity index (χ0) is 27.6. The molecule has 12 nitrogen and oxygen atoms in total. The topological polar surface area (TPSA) is 172 Å². The Morgan fingerprint density at radius 2 is 2.00 bits per heavy atom. The highest BCUT2D eigenvalue weighted by molar-refractivity contribution is 7.92. The Balaban J connectivity index is 1.39. The van der Waals surface area contributed by atoms with E-state index in [0.29, 0.717) is 54.1 Å². The number of aliphatic hydroxyl groups is 1. The van der Waals surface area contributed by atoms with E-state index in [-0.39, 0.29) is 40.7 Å². The number of nitrogens with zero attached hydrogens (tertiary/aromatic N) is 4. The number of nitrogen functional groups attached to an aromatic ring is 1. The number of amides is 2. The monoisotopic (exact) mass is 553 g/mol. The molecule has 0 spiro atoms. The Labute approximate surface area is 225 Å². The van der Waals surface area contributed by atoms with Gasteiger partial charge in [0.15, 0.2) is 11.5 Å². The van der Waals surface area contributed by atoms with Gasteiger partial charge < -0.3 is 21.1 Å². The van der Waals surface area contributed by atoms with Crippen molar-refractivity contribution in [3.05, 3.63) is 41.1 Å². The molecule has 2 fully saturated rings. The molecule has 39 heavy (non-hydrogen) atoms. The first-order valence-electron chi connectivity index (χ1n) is 13.1. The summed E-state index contributed by atoms with van der Waals surface area (Å²) in [5.74, 6) is -0.123. The molecule has 2 amide bonds. The minimum absolute atomic E-state index is 0.0272. The molecule has 3 aliphatic rings. The summed E-state index contributed by atoms with van der Waals surface area (Å²) >= 11 is 0. The number of carbonyl (C=O) groups excluding carboxylic acids is 2. The standard InChI is InChI=1S/C26H31N7O5S/c1-13(14-3-4-14)32-12-16-9-15(10-20(21(16)26(32)36)31-39(2,37)38)19-7-8-33-24(29-19)22(23(27)30-33)25(35)28-17-5-6-18(34)11-17/h7-10,13-14,17-18,31,34H,3-6,11-12H2,1-2H3,(H2,27,30)(H,28,35)/t13-,17+,18+/m0/s1. The van der Waals surface area contributed by atoms with Gasteiger partial charge in [-0.05, 0) is 68.7 Å². The molecule has 3 atom stereocenters. The van der Waals surface area contributed by atoms with Gasteiger partial charge in [-0.2, -0.15) is 0 Å². The first-order valence-corrected chi connectivity index (χ1v) is 15.0. The second-order valence-corrected chi connectivity index (χ2v) is 12.7. The van der Waals surface area contributed by atoms with Crippen LogP contribution in [-0.4, -0.2) is 69.3 Å². The van der Waals surface area contributed by atoms with Crippen LogP contribution in [-0.2, 0) is 16.6 Å². The highest BCUT2D eigenvalue weighted by Crippen LogP contribution is 2.41. The van der Waals surface area contributed by atoms with E-state index >= 15 is 0 Å². The van der Waals surface area contributed by atoms with Crippen molar-refractivity contribution < 1.29 is 23.1 Å². The first-order chi connectivity index (χ1) is 18.5. The molecule has 2 saturated carbocycles. The van der Waals surface area contributed by atoms with E-state index in [4.69, 9.17) is 5.73 Å². The minimum Gasteiger partial charge on any atom is -0.393 e. The summed E-state index contributed by atoms with van der Waals surface area (Å²) in [4.78, 5) is 33.0. The van der Waals surface area contributed by atoms with Gasteiger partial charge in [0.05, 0.1) is 29.3 Å². The van der Waals surface area contributed by atoms with Gasteiger partial charge in [0.2, 0.25) is 10.0 Å². The van der Waals surface area contributed by atoms with Crippen LogP contribution in [0, 0.1) is 5.92 Å². The molecule has 13 heteroatoms. The van der Waals surface area contributed by atoms with Gasteiger partial charge in [0, 0.05) is 30.4 Å². The van der Waals surface area contributed by atoms with Crippen molar-refractivity contribution in [2.45, 2.75) is 63.8 Å². The lowest BCUT2D eigenvalue weighted by atomic mass is 10.0. The summed E-state index contributed by atoms with van der Waals surface area (Å²) < 4.78 is 28.4. The summed E-state index contributed by atoms with van der Waals surface area (Å²) in [6.45, 7) is 2.41. The van der Waals surface area contributed by atoms with E-state index in [1.165, 1.54) is 4.52 Å². The lowest BCUT2D eigenvalue weighted by molar-refractivity contribution is 0.0698. The van der Waals surface area contributed by atoms with Gasteiger partial charge in [-0.25, -0.2) is 17.9 Å². The number of aliphatic hydroxyl groups excluding tert-OH is 1. The lowest BCUT2D eigenvalue weighted by Crippen LogP contribution is -2.34. The quantitative estimate of drug-likeness (QED) is 0.343. The van der Waals surface area contributed by atoms with Crippen LogP contribution in [0.2, 0.25) is 0 Å². The fraction of sp³-hybridized carbons (Fsp3) is 0.462. The van der Waals surface area contributed by atoms with Crippen LogP contribution in [0.3, 0.4) is 0 Å². The number of fused-ring (bicyclic) bond motifs is 2. The van der Waals surface area contributed by atoms with Gasteiger partial charge in [0.1, 0.15) is 5.56 Å². The van der Waals surface area contributed by atoms with Crippen molar-refractivity contribution in [3.8, 4) is 11.3 Å². The maximum Gasteiger partial charge on any atom is 0.259 e. The Morgan fingerprint density at radius 1 is 1.23 bits per heavy atom. The molecule has 3 heterocycles. The SMILES string of the molecule is C[C@@H](C1CC1)N1Cc2cc(-c3ccn4nc(N)c(C(=O)N[C@@H]5CC[C@@H](O)C5)c4n3)cc(NS(C)(=O)=O)c2C1=O. The van der Waals surface area contributed by atoms with Gasteiger partial charge in [-0.1, -0.05) is 0 Å². The third-order valence-corrected chi connectivity index (χ3v) is 8.49. The second kappa shape index (κ2) is 9.19. The van der Waals surface area contributed by atoms with Crippen molar-refractivity contribution in [1.82, 2.24) is 24.8 Å². The van der Waals surface area contributed by atoms with Crippen molar-refractivity contribution in [2.24, 2.45) is 5.92 Å². The summed E-state index contributed by atoms with van der Waals surface area (Å²) in [6, 6.07) is 5.04. The fourth-order valence-electron chi connectivity index (χ4n) is 5.74. The average molecular weight is 554 g/mol. The Kier molecular flexibility index (Phi) is 6.03. The molecule has 2 aromatic heterocycles. The molecule has 0 bridgehead atoms. The zero-order valence-corrected chi connectivity index (χ0v) is 22.5. The Morgan fingerprint density at radius 3 is 2.67 bits per heavy atom. The molecule has 1 aromatic carbocycles. The molecule has 2 aliphatic carbocycles. The second-order valence-electron chi connectivity index (χ2n) is 10.9. The number of nitrogens with two attached hydrogens (primary N) is 1. The van der Waals surface area contributed by atoms with Crippen LogP contribution in [0.15, 0.2) is 24.4 Å². The zero-order valence-electron chi connectivity index (χ0n) is 21.7. The lowest BCUT2D eigenvalue weighted by Gasteiger charge is -2.24. The van der Waals surface area contributed by atoms with E-state index in [1.54, 1.807) is 23.2 Å². The van der Waals surface area contributed by atoms with Crippen molar-refractivity contribution >= 4 is 39.0 Å². The predicted octanol–water partition coefficient (Wildman–Crippen LogP) is 1.75. The normalized spacial score (nSPS) is 21.8. The van der Waals surface area contributed by atoms with Gasteiger partial charge >= 0.3 is 0 Å². The minimum atomic E-state index is -3.67. The van der Waals surface area contributed by atoms with Crippen LogP contribution in [0.1, 0.15) is 65.3 Å². The van der Waals surface area contributed by atoms with Gasteiger partial charge in [-0.15, -0.1) is 5.10 Å². The number of carbonyl (C=O) groups is 2. The van der Waals surface area contributed by atoms with Crippen molar-refractivity contribution in [2.75, 3.05) is 16.7 Å². The molecule has 3 aromatic rings. The Bertz CT molecular complexity index is 1610. The Hall–Kier alpha value is -3.71. The number of sulfonamides is 1. The maximum atomic E-state index is 13.4. The van der Waals surface area contributed by atoms with E-state index in [0.717, 1.165) is 19.1 Å². The number of nitrogens with one attached hydrogen (secondary N) is 2. The van der Waals surface area contributed by atoms with E-state index in [9.17, 15) is 23.1 Å². The average Bonchev–Trinajstić information content (AvgIpc) is 3.43. The molecular formula is C26H31N7O5S. The number of benzene rings is 1. The number of rotatable bonds is 7. The van der Waals surface area contributed by atoms with Crippen LogP contribution >= 0.6 is 0 Å². The van der Waals surface area contributed by atoms with Gasteiger partial charge in [-0.3, -0.25) is 14.3 Å². The maximum absolute atomic E-state index is 13.4. The van der Waals surface area contributed by atoms with E-state index < -0.39 is 22.0 Å². The number of hydrogen-bond acceptors (Lipinski definition) is 8. The van der Waals surface area contributed by atoms with Crippen molar-refractivity contribution in [1.29, 1.82) is 0 Å². The number of hydrogen-bond donors (Lipinski definition) is 4. The number of aromatic nitrogens is 3. The largest absolute Gasteiger partial charge is 0.393 e. The highest BCUT2D eigenvalue weighted by atomic mass is 32.2. The van der Waals surface area contributed by atoms with Gasteiger partial charge in [0.25, 0.3) is 11.8 Å². The summed E-state index contributed by atoms with van der Waals surface area (Å²) in [6.07, 6.45) is 6.17. The summed E-state index contributed by atoms with van der Waals surface area (Å²) in [7, 11) is -3.67. The molecule has 1 aliphatic heterocycles. The van der Waals surface area contributed by atoms with Crippen LogP contribution < -0.4 is 15.8 Å². The molecule has 0 unspecified atom stereocenters. The molecule has 206 valence electrons. The molecule has 0 radical (unpaired) electrons. The third kappa shape index (κ3) is 4.80. The van der Waals surface area contributed by atoms with Crippen LogP contribution in [0.4, 0.5) is 11.5 Å². The molecule has 6 rings (SSSR count). The smallest absolute Gasteiger partial charge is 0.259 e. The molecular weight excluding hydrogens is 522 g/mol.